The van der Waals surface area contributed by atoms with Crippen LogP contribution in [-0.4, -0.2) is 0 Å². The smallest absolute Gasteiger partial charge is 0.0318 e. The Morgan fingerprint density at radius 1 is 1.09 bits per heavy atom. The first-order valence-corrected chi connectivity index (χ1v) is 4.02. The van der Waals surface area contributed by atoms with Gasteiger partial charge in [0.1, 0.15) is 0 Å². The molecule has 1 heteroatoms. The number of nitrogens with two attached hydrogens (primary N) is 1. The standard InChI is InChI=1S/C10H15N/c1-8(2)10(11)9-6-4-3-5-7-9/h3-8,10H,11H2,1-2H3/t10-/m0/s1. The van der Waals surface area contributed by atoms with Gasteiger partial charge in [0.25, 0.3) is 0 Å². The number of hydrogen-bond acceptors (Lipinski definition) is 1. The van der Waals surface area contributed by atoms with Crippen molar-refractivity contribution in [3.8, 4) is 0 Å². The fraction of sp³-hybridized carbons (Fsp3) is 0.400. The normalized spacial score (nSPS) is 13.5. The van der Waals surface area contributed by atoms with Crippen molar-refractivity contribution in [2.45, 2.75) is 19.9 Å². The third kappa shape index (κ3) is 2.05. The Morgan fingerprint density at radius 2 is 1.64 bits per heavy atom. The van der Waals surface area contributed by atoms with Crippen LogP contribution in [0.15, 0.2) is 30.3 Å². The topological polar surface area (TPSA) is 26.0 Å². The van der Waals surface area contributed by atoms with Gasteiger partial charge in [-0.3, -0.25) is 0 Å². The molecule has 1 aromatic rings. The van der Waals surface area contributed by atoms with Gasteiger partial charge in [0.15, 0.2) is 0 Å². The highest BCUT2D eigenvalue weighted by molar-refractivity contribution is 5.18. The van der Waals surface area contributed by atoms with Gasteiger partial charge in [-0.05, 0) is 11.5 Å². The summed E-state index contributed by atoms with van der Waals surface area (Å²) in [5.74, 6) is 0.511. The van der Waals surface area contributed by atoms with Crippen LogP contribution in [0, 0.1) is 5.92 Å². The average molecular weight is 149 g/mol. The molecule has 11 heavy (non-hydrogen) atoms. The second-order valence-electron chi connectivity index (χ2n) is 3.18. The first-order chi connectivity index (χ1) is 5.22. The Hall–Kier alpha value is -0.820. The van der Waals surface area contributed by atoms with Gasteiger partial charge < -0.3 is 5.73 Å². The molecule has 0 aromatic heterocycles. The molecule has 0 saturated heterocycles. The average Bonchev–Trinajstić information content (AvgIpc) is 2.05. The van der Waals surface area contributed by atoms with Crippen molar-refractivity contribution in [3.63, 3.8) is 0 Å². The fourth-order valence-corrected chi connectivity index (χ4v) is 1.06. The van der Waals surface area contributed by atoms with Crippen LogP contribution in [0.3, 0.4) is 0 Å². The van der Waals surface area contributed by atoms with E-state index in [1.54, 1.807) is 0 Å². The van der Waals surface area contributed by atoms with Crippen LogP contribution >= 0.6 is 0 Å². The second kappa shape index (κ2) is 3.54. The maximum atomic E-state index is 5.94. The van der Waals surface area contributed by atoms with Gasteiger partial charge in [-0.25, -0.2) is 0 Å². The highest BCUT2D eigenvalue weighted by Crippen LogP contribution is 2.17. The molecule has 1 nitrogen and oxygen atoms in total. The van der Waals surface area contributed by atoms with Gasteiger partial charge in [-0.1, -0.05) is 44.2 Å². The predicted octanol–water partition coefficient (Wildman–Crippen LogP) is 2.34. The molecule has 0 saturated carbocycles. The van der Waals surface area contributed by atoms with E-state index in [9.17, 15) is 0 Å². The predicted molar refractivity (Wildman–Crippen MR) is 48.2 cm³/mol. The maximum absolute atomic E-state index is 5.94. The van der Waals surface area contributed by atoms with E-state index in [2.05, 4.69) is 26.0 Å². The third-order valence-electron chi connectivity index (χ3n) is 1.90. The molecule has 0 fully saturated rings. The summed E-state index contributed by atoms with van der Waals surface area (Å²) in [6.45, 7) is 4.27. The molecule has 1 atom stereocenters. The summed E-state index contributed by atoms with van der Waals surface area (Å²) in [6.07, 6.45) is 0. The van der Waals surface area contributed by atoms with Gasteiger partial charge >= 0.3 is 0 Å². The molecule has 0 unspecified atom stereocenters. The van der Waals surface area contributed by atoms with Crippen LogP contribution in [0.25, 0.3) is 0 Å². The SMILES string of the molecule is CC(C)[C@H](N)c1ccccc1. The van der Waals surface area contributed by atoms with Gasteiger partial charge in [-0.15, -0.1) is 0 Å². The molecular formula is C10H15N. The Bertz CT molecular complexity index is 203. The minimum Gasteiger partial charge on any atom is -0.324 e. The molecule has 2 N–H and O–H groups in total. The first-order valence-electron chi connectivity index (χ1n) is 4.02. The van der Waals surface area contributed by atoms with Crippen molar-refractivity contribution >= 4 is 0 Å². The van der Waals surface area contributed by atoms with Crippen molar-refractivity contribution in [2.24, 2.45) is 11.7 Å². The molecule has 1 aromatic carbocycles. The molecule has 0 aliphatic heterocycles. The van der Waals surface area contributed by atoms with Crippen LogP contribution in [-0.2, 0) is 0 Å². The lowest BCUT2D eigenvalue weighted by Gasteiger charge is -2.15. The summed E-state index contributed by atoms with van der Waals surface area (Å²) < 4.78 is 0. The molecule has 0 bridgehead atoms. The summed E-state index contributed by atoms with van der Waals surface area (Å²) >= 11 is 0. The van der Waals surface area contributed by atoms with Crippen LogP contribution in [0.2, 0.25) is 0 Å². The minimum atomic E-state index is 0.177. The Morgan fingerprint density at radius 3 is 2.09 bits per heavy atom. The van der Waals surface area contributed by atoms with Crippen molar-refractivity contribution in [1.29, 1.82) is 0 Å². The summed E-state index contributed by atoms with van der Waals surface area (Å²) in [5.41, 5.74) is 7.16. The summed E-state index contributed by atoms with van der Waals surface area (Å²) in [7, 11) is 0. The van der Waals surface area contributed by atoms with Gasteiger partial charge in [0, 0.05) is 6.04 Å². The molecule has 1 rings (SSSR count). The van der Waals surface area contributed by atoms with Crippen molar-refractivity contribution in [2.75, 3.05) is 0 Å². The largest absolute Gasteiger partial charge is 0.324 e. The molecule has 0 aliphatic carbocycles. The lowest BCUT2D eigenvalue weighted by atomic mass is 9.97. The number of hydrogen-bond donors (Lipinski definition) is 1. The number of rotatable bonds is 2. The summed E-state index contributed by atoms with van der Waals surface area (Å²) in [6, 6.07) is 10.4. The lowest BCUT2D eigenvalue weighted by molar-refractivity contribution is 0.514. The van der Waals surface area contributed by atoms with E-state index in [0.29, 0.717) is 5.92 Å². The van der Waals surface area contributed by atoms with E-state index < -0.39 is 0 Å². The Labute approximate surface area is 68.2 Å². The third-order valence-corrected chi connectivity index (χ3v) is 1.90. The highest BCUT2D eigenvalue weighted by atomic mass is 14.6. The maximum Gasteiger partial charge on any atom is 0.0318 e. The first kappa shape index (κ1) is 8.28. The quantitative estimate of drug-likeness (QED) is 0.686. The lowest BCUT2D eigenvalue weighted by Crippen LogP contribution is -2.16. The summed E-state index contributed by atoms with van der Waals surface area (Å²) in [5, 5.41) is 0. The Balaban J connectivity index is 2.77. The molecule has 0 spiro atoms. The van der Waals surface area contributed by atoms with Crippen molar-refractivity contribution in [3.05, 3.63) is 35.9 Å². The zero-order valence-corrected chi connectivity index (χ0v) is 7.12. The summed E-state index contributed by atoms with van der Waals surface area (Å²) in [4.78, 5) is 0. The number of benzene rings is 1. The van der Waals surface area contributed by atoms with Gasteiger partial charge in [-0.2, -0.15) is 0 Å². The van der Waals surface area contributed by atoms with Crippen LogP contribution in [0.4, 0.5) is 0 Å². The molecule has 0 heterocycles. The molecule has 0 aliphatic rings. The van der Waals surface area contributed by atoms with Crippen molar-refractivity contribution in [1.82, 2.24) is 0 Å². The molecule has 0 radical (unpaired) electrons. The van der Waals surface area contributed by atoms with E-state index >= 15 is 0 Å². The van der Waals surface area contributed by atoms with E-state index in [0.717, 1.165) is 0 Å². The van der Waals surface area contributed by atoms with E-state index in [4.69, 9.17) is 5.73 Å². The molecule has 0 amide bonds. The van der Waals surface area contributed by atoms with E-state index in [-0.39, 0.29) is 6.04 Å². The monoisotopic (exact) mass is 149 g/mol. The fourth-order valence-electron chi connectivity index (χ4n) is 1.06. The van der Waals surface area contributed by atoms with Crippen LogP contribution in [0.5, 0.6) is 0 Å². The van der Waals surface area contributed by atoms with Crippen LogP contribution in [0.1, 0.15) is 25.5 Å². The van der Waals surface area contributed by atoms with Gasteiger partial charge in [0.2, 0.25) is 0 Å². The minimum absolute atomic E-state index is 0.177. The van der Waals surface area contributed by atoms with Crippen LogP contribution < -0.4 is 5.73 Å². The van der Waals surface area contributed by atoms with E-state index in [1.807, 2.05) is 18.2 Å². The molecular weight excluding hydrogens is 134 g/mol. The van der Waals surface area contributed by atoms with E-state index in [1.165, 1.54) is 5.56 Å². The Kier molecular flexibility index (Phi) is 2.66. The second-order valence-corrected chi connectivity index (χ2v) is 3.18. The van der Waals surface area contributed by atoms with Gasteiger partial charge in [0.05, 0.1) is 0 Å². The molecule has 60 valence electrons. The zero-order chi connectivity index (χ0) is 8.27. The van der Waals surface area contributed by atoms with Crippen molar-refractivity contribution < 1.29 is 0 Å². The highest BCUT2D eigenvalue weighted by Gasteiger charge is 2.08. The zero-order valence-electron chi connectivity index (χ0n) is 7.12.